The Balaban J connectivity index is 0.000000168. The second kappa shape index (κ2) is 13.2. The van der Waals surface area contributed by atoms with Crippen LogP contribution in [-0.4, -0.2) is 50.9 Å². The highest BCUT2D eigenvalue weighted by molar-refractivity contribution is 7.99. The van der Waals surface area contributed by atoms with Crippen LogP contribution in [0.1, 0.15) is 12.8 Å². The van der Waals surface area contributed by atoms with E-state index in [0.29, 0.717) is 22.1 Å². The second-order valence-corrected chi connectivity index (χ2v) is 12.3. The summed E-state index contributed by atoms with van der Waals surface area (Å²) in [5.41, 5.74) is 4.52. The fourth-order valence-corrected chi connectivity index (χ4v) is 6.41. The van der Waals surface area contributed by atoms with Crippen molar-refractivity contribution in [3.05, 3.63) is 101 Å². The lowest BCUT2D eigenvalue weighted by atomic mass is 10.2. The number of amides is 2. The number of anilines is 5. The van der Waals surface area contributed by atoms with Crippen LogP contribution >= 0.6 is 35.0 Å². The molecule has 216 valence electrons. The Morgan fingerprint density at radius 2 is 1.38 bits per heavy atom. The first-order valence-corrected chi connectivity index (χ1v) is 15.2. The van der Waals surface area contributed by atoms with Crippen molar-refractivity contribution in [3.8, 4) is 0 Å². The average molecular weight is 620 g/mol. The zero-order valence-corrected chi connectivity index (χ0v) is 26.1. The van der Waals surface area contributed by atoms with Gasteiger partial charge in [-0.05, 0) is 87.7 Å². The summed E-state index contributed by atoms with van der Waals surface area (Å²) in [6.07, 6.45) is 0.954. The van der Waals surface area contributed by atoms with Crippen LogP contribution in [0, 0.1) is 0 Å². The quantitative estimate of drug-likeness (QED) is 0.211. The van der Waals surface area contributed by atoms with Crippen molar-refractivity contribution in [2.75, 3.05) is 48.9 Å². The maximum atomic E-state index is 12.5. The Hall–Kier alpha value is -3.49. The normalized spacial score (nSPS) is 14.1. The minimum absolute atomic E-state index is 0.169. The van der Waals surface area contributed by atoms with Gasteiger partial charge in [-0.3, -0.25) is 14.5 Å². The average Bonchev–Trinajstić information content (AvgIpc) is 3.06. The molecule has 0 radical (unpaired) electrons. The van der Waals surface area contributed by atoms with Crippen LogP contribution in [0.5, 0.6) is 0 Å². The molecule has 0 aliphatic carbocycles. The number of halogens is 2. The highest BCUT2D eigenvalue weighted by Gasteiger charge is 2.31. The Morgan fingerprint density at radius 1 is 0.738 bits per heavy atom. The molecule has 6 nitrogen and oxygen atoms in total. The second-order valence-electron chi connectivity index (χ2n) is 10.3. The van der Waals surface area contributed by atoms with E-state index in [1.807, 2.05) is 48.2 Å². The Labute approximate surface area is 261 Å². The number of fused-ring (bicyclic) bond motifs is 3. The lowest BCUT2D eigenvalue weighted by Crippen LogP contribution is -2.28. The first kappa shape index (κ1) is 30.0. The summed E-state index contributed by atoms with van der Waals surface area (Å²) in [6, 6.07) is 29.2. The van der Waals surface area contributed by atoms with Gasteiger partial charge in [-0.1, -0.05) is 65.3 Å². The standard InChI is InChI=1S/C17H19ClN2S.C16H13ClN2O2/c1-19(2)10-5-11-20-14-6-3-4-7-16(14)21-17-9-8-13(18)12-15(17)20;1-18-13-8-7-11(17)9-14(13)19(16(21)10-15(18)20)12-5-3-2-4-6-12/h3-4,6-9,12H,5,10-11H2,1-2H3;2-9H,10H2,1H3. The van der Waals surface area contributed by atoms with Gasteiger partial charge in [0.15, 0.2) is 0 Å². The highest BCUT2D eigenvalue weighted by atomic mass is 35.5. The molecule has 0 saturated heterocycles. The molecule has 2 heterocycles. The summed E-state index contributed by atoms with van der Waals surface area (Å²) in [4.78, 5) is 34.8. The Kier molecular flexibility index (Phi) is 9.43. The minimum atomic E-state index is -0.265. The monoisotopic (exact) mass is 618 g/mol. The third kappa shape index (κ3) is 6.60. The van der Waals surface area contributed by atoms with Gasteiger partial charge in [-0.2, -0.15) is 0 Å². The smallest absolute Gasteiger partial charge is 0.241 e. The van der Waals surface area contributed by atoms with Gasteiger partial charge in [-0.15, -0.1) is 0 Å². The molecule has 0 spiro atoms. The number of hydrogen-bond acceptors (Lipinski definition) is 5. The molecular weight excluding hydrogens is 587 g/mol. The van der Waals surface area contributed by atoms with Gasteiger partial charge in [0, 0.05) is 39.1 Å². The van der Waals surface area contributed by atoms with Crippen molar-refractivity contribution in [1.82, 2.24) is 4.90 Å². The first-order valence-electron chi connectivity index (χ1n) is 13.7. The van der Waals surface area contributed by atoms with E-state index in [2.05, 4.69) is 60.3 Å². The van der Waals surface area contributed by atoms with E-state index in [9.17, 15) is 9.59 Å². The van der Waals surface area contributed by atoms with Gasteiger partial charge >= 0.3 is 0 Å². The maximum Gasteiger partial charge on any atom is 0.241 e. The van der Waals surface area contributed by atoms with Crippen LogP contribution in [0.3, 0.4) is 0 Å². The number of nitrogens with zero attached hydrogens (tertiary/aromatic N) is 4. The van der Waals surface area contributed by atoms with Crippen LogP contribution in [-0.2, 0) is 9.59 Å². The molecule has 0 bridgehead atoms. The van der Waals surface area contributed by atoms with E-state index in [0.717, 1.165) is 24.5 Å². The molecule has 0 unspecified atom stereocenters. The number of rotatable bonds is 5. The van der Waals surface area contributed by atoms with Crippen molar-refractivity contribution in [1.29, 1.82) is 0 Å². The van der Waals surface area contributed by atoms with Crippen LogP contribution in [0.25, 0.3) is 0 Å². The van der Waals surface area contributed by atoms with Crippen LogP contribution in [0.15, 0.2) is 101 Å². The summed E-state index contributed by atoms with van der Waals surface area (Å²) < 4.78 is 0. The van der Waals surface area contributed by atoms with E-state index in [1.54, 1.807) is 30.1 Å². The Bertz CT molecular complexity index is 1600. The van der Waals surface area contributed by atoms with E-state index in [-0.39, 0.29) is 18.2 Å². The summed E-state index contributed by atoms with van der Waals surface area (Å²) in [6.45, 7) is 2.09. The van der Waals surface area contributed by atoms with Gasteiger partial charge in [0.05, 0.1) is 22.7 Å². The summed E-state index contributed by atoms with van der Waals surface area (Å²) in [5.74, 6) is -0.499. The summed E-state index contributed by atoms with van der Waals surface area (Å²) >= 11 is 14.1. The molecule has 6 rings (SSSR count). The number of para-hydroxylation sites is 2. The lowest BCUT2D eigenvalue weighted by Gasteiger charge is -2.33. The van der Waals surface area contributed by atoms with Gasteiger partial charge in [0.1, 0.15) is 6.42 Å². The predicted molar refractivity (Wildman–Crippen MR) is 175 cm³/mol. The molecule has 2 aliphatic rings. The fraction of sp³-hybridized carbons (Fsp3) is 0.212. The number of benzene rings is 4. The molecule has 0 N–H and O–H groups in total. The van der Waals surface area contributed by atoms with Crippen molar-refractivity contribution in [3.63, 3.8) is 0 Å². The van der Waals surface area contributed by atoms with Crippen molar-refractivity contribution in [2.45, 2.75) is 22.6 Å². The molecule has 0 atom stereocenters. The van der Waals surface area contributed by atoms with E-state index in [4.69, 9.17) is 23.2 Å². The SMILES string of the molecule is CN(C)CCCN1c2ccccc2Sc2ccc(Cl)cc21.CN1C(=O)CC(=O)N(c2ccccc2)c2cc(Cl)ccc21. The van der Waals surface area contributed by atoms with Crippen LogP contribution in [0.2, 0.25) is 10.0 Å². The van der Waals surface area contributed by atoms with Gasteiger partial charge in [-0.25, -0.2) is 0 Å². The number of carbonyl (C=O) groups excluding carboxylic acids is 2. The number of carbonyl (C=O) groups is 2. The van der Waals surface area contributed by atoms with E-state index >= 15 is 0 Å². The Morgan fingerprint density at radius 3 is 2.12 bits per heavy atom. The van der Waals surface area contributed by atoms with Crippen molar-refractivity contribution < 1.29 is 9.59 Å². The van der Waals surface area contributed by atoms with Crippen molar-refractivity contribution in [2.24, 2.45) is 0 Å². The third-order valence-electron chi connectivity index (χ3n) is 7.05. The largest absolute Gasteiger partial charge is 0.340 e. The topological polar surface area (TPSA) is 47.1 Å². The molecule has 42 heavy (non-hydrogen) atoms. The maximum absolute atomic E-state index is 12.5. The molecule has 0 saturated carbocycles. The van der Waals surface area contributed by atoms with Gasteiger partial charge in [0.2, 0.25) is 11.8 Å². The van der Waals surface area contributed by atoms with Gasteiger partial charge < -0.3 is 14.7 Å². The zero-order valence-electron chi connectivity index (χ0n) is 23.8. The van der Waals surface area contributed by atoms with Crippen LogP contribution < -0.4 is 14.7 Å². The summed E-state index contributed by atoms with van der Waals surface area (Å²) in [5, 5.41) is 1.32. The van der Waals surface area contributed by atoms with Crippen molar-refractivity contribution >= 4 is 75.2 Å². The van der Waals surface area contributed by atoms with Gasteiger partial charge in [0.25, 0.3) is 0 Å². The first-order chi connectivity index (χ1) is 20.2. The zero-order chi connectivity index (χ0) is 29.8. The minimum Gasteiger partial charge on any atom is -0.340 e. The molecule has 2 aliphatic heterocycles. The molecule has 4 aromatic carbocycles. The predicted octanol–water partition coefficient (Wildman–Crippen LogP) is 8.27. The van der Waals surface area contributed by atoms with E-state index in [1.165, 1.54) is 26.1 Å². The lowest BCUT2D eigenvalue weighted by molar-refractivity contribution is -0.125. The molecule has 4 aromatic rings. The molecule has 2 amide bonds. The molecule has 0 aromatic heterocycles. The third-order valence-corrected chi connectivity index (χ3v) is 8.66. The van der Waals surface area contributed by atoms with Crippen LogP contribution in [0.4, 0.5) is 28.4 Å². The summed E-state index contributed by atoms with van der Waals surface area (Å²) in [7, 11) is 5.90. The molecule has 9 heteroatoms. The highest BCUT2D eigenvalue weighted by Crippen LogP contribution is 2.48. The van der Waals surface area contributed by atoms with E-state index < -0.39 is 0 Å². The molecule has 0 fully saturated rings. The fourth-order valence-electron chi connectivity index (χ4n) is 5.00. The number of hydrogen-bond donors (Lipinski definition) is 0. The molecular formula is C33H32Cl2N4O2S.